The number of para-hydroxylation sites is 1. The highest BCUT2D eigenvalue weighted by Crippen LogP contribution is 2.24. The van der Waals surface area contributed by atoms with Crippen molar-refractivity contribution in [1.29, 1.82) is 5.41 Å². The van der Waals surface area contributed by atoms with Gasteiger partial charge in [-0.05, 0) is 43.2 Å². The Balaban J connectivity index is 0.000000245. The van der Waals surface area contributed by atoms with E-state index in [0.717, 1.165) is 22.8 Å². The number of anilines is 1. The fraction of sp³-hybridized carbons (Fsp3) is 0.227. The van der Waals surface area contributed by atoms with Gasteiger partial charge < -0.3 is 15.5 Å². The van der Waals surface area contributed by atoms with Gasteiger partial charge in [0.05, 0.1) is 16.8 Å². The second-order valence-corrected chi connectivity index (χ2v) is 6.81. The number of ether oxygens (including phenoxy) is 1. The van der Waals surface area contributed by atoms with E-state index >= 15 is 0 Å². The van der Waals surface area contributed by atoms with Crippen molar-refractivity contribution in [2.45, 2.75) is 13.8 Å². The van der Waals surface area contributed by atoms with Crippen LogP contribution in [-0.4, -0.2) is 37.7 Å². The van der Waals surface area contributed by atoms with Crippen LogP contribution in [0.5, 0.6) is 0 Å². The first-order valence-electron chi connectivity index (χ1n) is 8.78. The Hall–Kier alpha value is -2.83. The number of methoxy groups -OCH3 is 1. The molecule has 2 aromatic carbocycles. The first-order valence-corrected chi connectivity index (χ1v) is 9.59. The normalized spacial score (nSPS) is 9.39. The summed E-state index contributed by atoms with van der Waals surface area (Å²) in [5, 5.41) is 11.2. The number of benzene rings is 2. The summed E-state index contributed by atoms with van der Waals surface area (Å²) in [6.45, 7) is 8.67. The number of fused-ring (bicyclic) bond motifs is 1. The van der Waals surface area contributed by atoms with Crippen molar-refractivity contribution in [3.8, 4) is 0 Å². The monoisotopic (exact) mass is 397 g/mol. The van der Waals surface area contributed by atoms with Crippen LogP contribution >= 0.6 is 11.3 Å². The van der Waals surface area contributed by atoms with Gasteiger partial charge in [0.25, 0.3) is 0 Å². The van der Waals surface area contributed by atoms with E-state index in [1.807, 2.05) is 44.2 Å². The number of nitrogens with zero attached hydrogens (tertiary/aromatic N) is 1. The second-order valence-electron chi connectivity index (χ2n) is 5.78. The molecule has 0 atom stereocenters. The number of rotatable bonds is 6. The van der Waals surface area contributed by atoms with Crippen molar-refractivity contribution < 1.29 is 9.53 Å². The highest BCUT2D eigenvalue weighted by Gasteiger charge is 2.00. The highest BCUT2D eigenvalue weighted by molar-refractivity contribution is 7.22. The van der Waals surface area contributed by atoms with Crippen LogP contribution in [0.25, 0.3) is 10.2 Å². The number of hydrogen-bond donors (Lipinski definition) is 2. The molecule has 0 saturated carbocycles. The number of aldehydes is 1. The third kappa shape index (κ3) is 8.24. The van der Waals surface area contributed by atoms with Crippen molar-refractivity contribution in [3.63, 3.8) is 0 Å². The molecule has 0 radical (unpaired) electrons. The number of thiazole rings is 1. The lowest BCUT2D eigenvalue weighted by Crippen LogP contribution is -2.06. The molecule has 5 nitrogen and oxygen atoms in total. The lowest BCUT2D eigenvalue weighted by Gasteiger charge is -1.99. The maximum Gasteiger partial charge on any atom is 0.183 e. The number of nitrogens with one attached hydrogen (secondary N) is 2. The maximum absolute atomic E-state index is 9.06. The first-order chi connectivity index (χ1) is 13.5. The Kier molecular flexibility index (Phi) is 11.1. The van der Waals surface area contributed by atoms with Crippen LogP contribution in [0, 0.1) is 19.3 Å². The molecule has 28 heavy (non-hydrogen) atoms. The largest absolute Gasteiger partial charge is 0.383 e. The van der Waals surface area contributed by atoms with Gasteiger partial charge in [0, 0.05) is 19.9 Å². The average Bonchev–Trinajstić information content (AvgIpc) is 3.13. The zero-order valence-corrected chi connectivity index (χ0v) is 17.4. The number of aromatic nitrogens is 1. The molecule has 1 heterocycles. The van der Waals surface area contributed by atoms with E-state index in [0.29, 0.717) is 12.9 Å². The van der Waals surface area contributed by atoms with Gasteiger partial charge >= 0.3 is 0 Å². The molecular weight excluding hydrogens is 370 g/mol. The van der Waals surface area contributed by atoms with E-state index in [1.54, 1.807) is 18.4 Å². The molecule has 0 fully saturated rings. The Bertz CT molecular complexity index is 851. The molecule has 2 N–H and O–H groups in total. The van der Waals surface area contributed by atoms with Gasteiger partial charge in [0.15, 0.2) is 5.13 Å². The second kappa shape index (κ2) is 13.4. The summed E-state index contributed by atoms with van der Waals surface area (Å²) in [6, 6.07) is 14.2. The molecule has 6 heteroatoms. The van der Waals surface area contributed by atoms with Gasteiger partial charge in [0.2, 0.25) is 0 Å². The smallest absolute Gasteiger partial charge is 0.183 e. The summed E-state index contributed by atoms with van der Waals surface area (Å²) in [6.07, 6.45) is 3.22. The number of aryl methyl sites for hydroxylation is 2. The van der Waals surface area contributed by atoms with Gasteiger partial charge in [0.1, 0.15) is 6.29 Å². The van der Waals surface area contributed by atoms with Crippen molar-refractivity contribution >= 4 is 39.2 Å². The Labute approximate surface area is 170 Å². The predicted molar refractivity (Wildman–Crippen MR) is 120 cm³/mol. The fourth-order valence-corrected chi connectivity index (χ4v) is 3.01. The quantitative estimate of drug-likeness (QED) is 0.265. The molecule has 1 aromatic heterocycles. The molecule has 0 aliphatic carbocycles. The van der Waals surface area contributed by atoms with E-state index in [4.69, 9.17) is 14.9 Å². The molecule has 0 aliphatic heterocycles. The molecule has 0 unspecified atom stereocenters. The molecular formula is C22H27N3O2S. The van der Waals surface area contributed by atoms with E-state index in [-0.39, 0.29) is 0 Å². The first kappa shape index (κ1) is 23.2. The van der Waals surface area contributed by atoms with Gasteiger partial charge in [-0.1, -0.05) is 53.8 Å². The van der Waals surface area contributed by atoms with Crippen molar-refractivity contribution in [2.75, 3.05) is 25.6 Å². The Morgan fingerprint density at radius 1 is 1.25 bits per heavy atom. The van der Waals surface area contributed by atoms with Crippen LogP contribution in [0.15, 0.2) is 55.1 Å². The van der Waals surface area contributed by atoms with Crippen molar-refractivity contribution in [3.05, 3.63) is 71.8 Å². The van der Waals surface area contributed by atoms with E-state index in [1.165, 1.54) is 28.1 Å². The average molecular weight is 398 g/mol. The van der Waals surface area contributed by atoms with Gasteiger partial charge in [-0.2, -0.15) is 0 Å². The molecule has 0 amide bonds. The Morgan fingerprint density at radius 2 is 1.96 bits per heavy atom. The third-order valence-electron chi connectivity index (χ3n) is 3.56. The summed E-state index contributed by atoms with van der Waals surface area (Å²) in [5.41, 5.74) is 4.45. The molecule has 0 aliphatic rings. The molecule has 0 bridgehead atoms. The minimum absolute atomic E-state index is 0.639. The lowest BCUT2D eigenvalue weighted by molar-refractivity contribution is -0.104. The Morgan fingerprint density at radius 3 is 2.54 bits per heavy atom. The molecule has 0 spiro atoms. The van der Waals surface area contributed by atoms with Crippen molar-refractivity contribution in [1.82, 2.24) is 4.98 Å². The zero-order chi connectivity index (χ0) is 20.8. The number of allylic oxidation sites excluding steroid dienone is 1. The summed E-state index contributed by atoms with van der Waals surface area (Å²) in [5.74, 6) is 0. The molecule has 3 aromatic rings. The standard InChI is InChI=1S/C10H12N2OS.C9H11N.C3H4O/c1-13-7-6-11-10-12-8-4-2-3-5-9(8)14-10;1-7-3-4-8(2)9(5-7)6-10;1-2-3-4/h2-5H,6-7H2,1H3,(H,11,12);3-6,10H,1-2H3;2-3H,1H2. The number of hydrogen-bond acceptors (Lipinski definition) is 6. The minimum atomic E-state index is 0.639. The van der Waals surface area contributed by atoms with Crippen LogP contribution in [0.3, 0.4) is 0 Å². The summed E-state index contributed by atoms with van der Waals surface area (Å²) >= 11 is 1.67. The summed E-state index contributed by atoms with van der Waals surface area (Å²) < 4.78 is 6.17. The van der Waals surface area contributed by atoms with Crippen LogP contribution in [0.4, 0.5) is 5.13 Å². The third-order valence-corrected chi connectivity index (χ3v) is 4.56. The van der Waals surface area contributed by atoms with Gasteiger partial charge in [-0.25, -0.2) is 4.98 Å². The zero-order valence-electron chi connectivity index (χ0n) is 16.6. The van der Waals surface area contributed by atoms with Crippen LogP contribution in [0.2, 0.25) is 0 Å². The van der Waals surface area contributed by atoms with Crippen molar-refractivity contribution in [2.24, 2.45) is 0 Å². The van der Waals surface area contributed by atoms with E-state index in [2.05, 4.69) is 29.0 Å². The molecule has 0 saturated heterocycles. The van der Waals surface area contributed by atoms with Gasteiger partial charge in [-0.15, -0.1) is 0 Å². The van der Waals surface area contributed by atoms with E-state index < -0.39 is 0 Å². The van der Waals surface area contributed by atoms with E-state index in [9.17, 15) is 0 Å². The number of carbonyl (C=O) groups excluding carboxylic acids is 1. The van der Waals surface area contributed by atoms with Crippen LogP contribution in [-0.2, 0) is 9.53 Å². The highest BCUT2D eigenvalue weighted by atomic mass is 32.1. The van der Waals surface area contributed by atoms with Crippen LogP contribution < -0.4 is 5.32 Å². The maximum atomic E-state index is 9.06. The fourth-order valence-electron chi connectivity index (χ4n) is 2.12. The van der Waals surface area contributed by atoms with Gasteiger partial charge in [-0.3, -0.25) is 4.79 Å². The number of carbonyl (C=O) groups is 1. The molecule has 148 valence electrons. The summed E-state index contributed by atoms with van der Waals surface area (Å²) in [7, 11) is 1.69. The van der Waals surface area contributed by atoms with Crippen LogP contribution in [0.1, 0.15) is 16.7 Å². The summed E-state index contributed by atoms with van der Waals surface area (Å²) in [4.78, 5) is 13.5. The predicted octanol–water partition coefficient (Wildman–Crippen LogP) is 5.03. The topological polar surface area (TPSA) is 75.1 Å². The lowest BCUT2D eigenvalue weighted by atomic mass is 10.1. The SMILES string of the molecule is C=CC=O.COCCNc1nc2ccccc2s1.Cc1ccc(C)c(C=N)c1. The minimum Gasteiger partial charge on any atom is -0.383 e. The molecule has 3 rings (SSSR count).